The fraction of sp³-hybridized carbons (Fsp3) is 0.450. The molecule has 1 fully saturated rings. The van der Waals surface area contributed by atoms with Gasteiger partial charge < -0.3 is 25.7 Å². The quantitative estimate of drug-likeness (QED) is 0.602. The summed E-state index contributed by atoms with van der Waals surface area (Å²) in [7, 11) is 1.66. The van der Waals surface area contributed by atoms with E-state index in [4.69, 9.17) is 20.4 Å². The third-order valence-electron chi connectivity index (χ3n) is 5.24. The molecule has 0 amide bonds. The van der Waals surface area contributed by atoms with Crippen LogP contribution in [0.2, 0.25) is 0 Å². The number of hydrogen-bond donors (Lipinski definition) is 3. The molecule has 8 heteroatoms. The van der Waals surface area contributed by atoms with Crippen LogP contribution in [0.1, 0.15) is 32.6 Å². The lowest BCUT2D eigenvalue weighted by Gasteiger charge is -2.26. The van der Waals surface area contributed by atoms with Crippen LogP contribution in [0.15, 0.2) is 30.6 Å². The lowest BCUT2D eigenvalue weighted by molar-refractivity contribution is 0.410. The molecule has 0 atom stereocenters. The third kappa shape index (κ3) is 3.87. The molecule has 4 N–H and O–H groups in total. The smallest absolute Gasteiger partial charge is 0.227 e. The van der Waals surface area contributed by atoms with Gasteiger partial charge in [0.2, 0.25) is 5.95 Å². The Morgan fingerprint density at radius 1 is 1.21 bits per heavy atom. The van der Waals surface area contributed by atoms with E-state index in [1.165, 1.54) is 0 Å². The average molecular weight is 381 g/mol. The number of hydrogen-bond acceptors (Lipinski definition) is 7. The summed E-state index contributed by atoms with van der Waals surface area (Å²) in [6, 6.07) is 8.42. The van der Waals surface area contributed by atoms with Gasteiger partial charge in [0.05, 0.1) is 13.4 Å². The molecule has 0 radical (unpaired) electrons. The summed E-state index contributed by atoms with van der Waals surface area (Å²) >= 11 is 0. The number of aromatic nitrogens is 4. The molecule has 2 heterocycles. The Labute approximate surface area is 164 Å². The maximum atomic E-state index is 6.03. The summed E-state index contributed by atoms with van der Waals surface area (Å²) in [4.78, 5) is 14.0. The summed E-state index contributed by atoms with van der Waals surface area (Å²) in [5.41, 5.74) is 8.49. The lowest BCUT2D eigenvalue weighted by Crippen LogP contribution is -2.33. The molecule has 0 spiro atoms. The van der Waals surface area contributed by atoms with Gasteiger partial charge in [0.1, 0.15) is 5.75 Å². The second-order valence-electron chi connectivity index (χ2n) is 7.21. The van der Waals surface area contributed by atoms with Gasteiger partial charge >= 0.3 is 0 Å². The van der Waals surface area contributed by atoms with Crippen LogP contribution in [0, 0.1) is 0 Å². The molecule has 1 aromatic carbocycles. The van der Waals surface area contributed by atoms with Gasteiger partial charge in [-0.15, -0.1) is 0 Å². The van der Waals surface area contributed by atoms with Crippen LogP contribution in [-0.4, -0.2) is 38.7 Å². The number of rotatable bonds is 6. The zero-order chi connectivity index (χ0) is 19.5. The van der Waals surface area contributed by atoms with Gasteiger partial charge in [-0.05, 0) is 44.7 Å². The second kappa shape index (κ2) is 8.02. The van der Waals surface area contributed by atoms with Crippen molar-refractivity contribution in [3.8, 4) is 5.75 Å². The first-order valence-corrected chi connectivity index (χ1v) is 9.82. The molecule has 148 valence electrons. The predicted molar refractivity (Wildman–Crippen MR) is 111 cm³/mol. The Morgan fingerprint density at radius 2 is 2.04 bits per heavy atom. The molecule has 4 rings (SSSR count). The maximum Gasteiger partial charge on any atom is 0.227 e. The first kappa shape index (κ1) is 18.5. The molecular weight excluding hydrogens is 354 g/mol. The van der Waals surface area contributed by atoms with Crippen molar-refractivity contribution in [2.24, 2.45) is 5.73 Å². The number of aryl methyl sites for hydroxylation is 1. The van der Waals surface area contributed by atoms with Crippen molar-refractivity contribution in [3.63, 3.8) is 0 Å². The topological polar surface area (TPSA) is 103 Å². The molecule has 1 aliphatic carbocycles. The summed E-state index contributed by atoms with van der Waals surface area (Å²) in [6.07, 6.45) is 5.94. The first-order valence-electron chi connectivity index (χ1n) is 9.82. The minimum atomic E-state index is 0.313. The van der Waals surface area contributed by atoms with E-state index in [-0.39, 0.29) is 0 Å². The van der Waals surface area contributed by atoms with Crippen molar-refractivity contribution in [1.82, 2.24) is 19.5 Å². The van der Waals surface area contributed by atoms with E-state index >= 15 is 0 Å². The number of methoxy groups -OCH3 is 1. The highest BCUT2D eigenvalue weighted by atomic mass is 16.5. The van der Waals surface area contributed by atoms with E-state index in [0.29, 0.717) is 23.8 Å². The van der Waals surface area contributed by atoms with Gasteiger partial charge in [-0.2, -0.15) is 9.97 Å². The van der Waals surface area contributed by atoms with Gasteiger partial charge in [0.15, 0.2) is 17.0 Å². The van der Waals surface area contributed by atoms with E-state index in [1.54, 1.807) is 13.4 Å². The molecule has 1 saturated carbocycles. The standard InChI is InChI=1S/C20H27N7O/c1-3-27-12-22-17-18(23-15-5-4-6-16(11-15)28-2)25-20(26-19(17)27)24-14-9-7-13(21)8-10-14/h4-6,11-14H,3,7-10,21H2,1-2H3,(H2,23,24,25,26)/t13-,14-. The summed E-state index contributed by atoms with van der Waals surface area (Å²) in [6.45, 7) is 2.87. The number of benzene rings is 1. The first-order chi connectivity index (χ1) is 13.7. The SMILES string of the molecule is CCn1cnc2c(Nc3cccc(OC)c3)nc(N[C@H]3CC[C@H](N)CC3)nc21. The number of nitrogens with zero attached hydrogens (tertiary/aromatic N) is 4. The van der Waals surface area contributed by atoms with Crippen LogP contribution in [0.5, 0.6) is 5.75 Å². The van der Waals surface area contributed by atoms with Gasteiger partial charge in [-0.1, -0.05) is 6.07 Å². The molecule has 3 aromatic rings. The van der Waals surface area contributed by atoms with E-state index in [0.717, 1.165) is 54.8 Å². The molecule has 0 bridgehead atoms. The second-order valence-corrected chi connectivity index (χ2v) is 7.21. The number of nitrogens with one attached hydrogen (secondary N) is 2. The summed E-state index contributed by atoms with van der Waals surface area (Å²) in [5, 5.41) is 6.88. The molecule has 0 saturated heterocycles. The highest BCUT2D eigenvalue weighted by Crippen LogP contribution is 2.27. The molecule has 1 aliphatic rings. The number of fused-ring (bicyclic) bond motifs is 1. The van der Waals surface area contributed by atoms with Crippen LogP contribution >= 0.6 is 0 Å². The fourth-order valence-corrected chi connectivity index (χ4v) is 3.61. The molecule has 0 unspecified atom stereocenters. The van der Waals surface area contributed by atoms with E-state index < -0.39 is 0 Å². The zero-order valence-corrected chi connectivity index (χ0v) is 16.4. The monoisotopic (exact) mass is 381 g/mol. The summed E-state index contributed by atoms with van der Waals surface area (Å²) in [5.74, 6) is 2.08. The number of ether oxygens (including phenoxy) is 1. The highest BCUT2D eigenvalue weighted by Gasteiger charge is 2.20. The lowest BCUT2D eigenvalue weighted by atomic mass is 9.92. The number of anilines is 3. The van der Waals surface area contributed by atoms with Crippen LogP contribution in [0.4, 0.5) is 17.5 Å². The van der Waals surface area contributed by atoms with Gasteiger partial charge in [0, 0.05) is 30.4 Å². The van der Waals surface area contributed by atoms with Crippen LogP contribution in [0.25, 0.3) is 11.2 Å². The molecule has 28 heavy (non-hydrogen) atoms. The minimum Gasteiger partial charge on any atom is -0.497 e. The molecule has 0 aliphatic heterocycles. The largest absolute Gasteiger partial charge is 0.497 e. The van der Waals surface area contributed by atoms with Gasteiger partial charge in [-0.3, -0.25) is 0 Å². The van der Waals surface area contributed by atoms with E-state index in [1.807, 2.05) is 28.8 Å². The predicted octanol–water partition coefficient (Wildman–Crippen LogP) is 3.28. The maximum absolute atomic E-state index is 6.03. The van der Waals surface area contributed by atoms with Crippen molar-refractivity contribution in [2.75, 3.05) is 17.7 Å². The Balaban J connectivity index is 1.66. The number of nitrogens with two attached hydrogens (primary N) is 1. The Hall–Kier alpha value is -2.87. The third-order valence-corrected chi connectivity index (χ3v) is 5.24. The Bertz CT molecular complexity index is 947. The van der Waals surface area contributed by atoms with Crippen LogP contribution in [-0.2, 0) is 6.54 Å². The van der Waals surface area contributed by atoms with Crippen molar-refractivity contribution in [1.29, 1.82) is 0 Å². The van der Waals surface area contributed by atoms with Crippen molar-refractivity contribution < 1.29 is 4.74 Å². The molecule has 8 nitrogen and oxygen atoms in total. The van der Waals surface area contributed by atoms with Gasteiger partial charge in [0.25, 0.3) is 0 Å². The van der Waals surface area contributed by atoms with Crippen molar-refractivity contribution in [2.45, 2.75) is 51.2 Å². The average Bonchev–Trinajstić information content (AvgIpc) is 3.13. The minimum absolute atomic E-state index is 0.313. The molecular formula is C20H27N7O. The van der Waals surface area contributed by atoms with E-state index in [2.05, 4.69) is 22.5 Å². The molecule has 2 aromatic heterocycles. The Morgan fingerprint density at radius 3 is 2.79 bits per heavy atom. The van der Waals surface area contributed by atoms with Crippen molar-refractivity contribution >= 4 is 28.6 Å². The van der Waals surface area contributed by atoms with Crippen molar-refractivity contribution in [3.05, 3.63) is 30.6 Å². The van der Waals surface area contributed by atoms with E-state index in [9.17, 15) is 0 Å². The fourth-order valence-electron chi connectivity index (χ4n) is 3.61. The Kier molecular flexibility index (Phi) is 5.29. The highest BCUT2D eigenvalue weighted by molar-refractivity contribution is 5.86. The van der Waals surface area contributed by atoms with Crippen LogP contribution < -0.4 is 21.1 Å². The zero-order valence-electron chi connectivity index (χ0n) is 16.4. The normalized spacial score (nSPS) is 19.5. The van der Waals surface area contributed by atoms with Gasteiger partial charge in [-0.25, -0.2) is 4.98 Å². The number of imidazole rings is 1. The van der Waals surface area contributed by atoms with Crippen LogP contribution in [0.3, 0.4) is 0 Å². The summed E-state index contributed by atoms with van der Waals surface area (Å²) < 4.78 is 7.34.